The van der Waals surface area contributed by atoms with Crippen LogP contribution in [0.2, 0.25) is 0 Å². The van der Waals surface area contributed by atoms with Crippen molar-refractivity contribution in [2.24, 2.45) is 0 Å². The maximum atomic E-state index is 12.3. The first-order valence-electron chi connectivity index (χ1n) is 7.23. The number of hydrogen-bond acceptors (Lipinski definition) is 3. The second-order valence-corrected chi connectivity index (χ2v) is 5.66. The standard InChI is InChI=1S/C14H22N4O/c1-16-6-8-17(9-7-16)14(19)10-18-11-15-12-4-2-3-5-13(12)18/h11H,2-10H2,1H3. The van der Waals surface area contributed by atoms with Crippen molar-refractivity contribution in [1.82, 2.24) is 19.4 Å². The zero-order chi connectivity index (χ0) is 13.2. The summed E-state index contributed by atoms with van der Waals surface area (Å²) >= 11 is 0. The molecule has 19 heavy (non-hydrogen) atoms. The van der Waals surface area contributed by atoms with Gasteiger partial charge in [-0.2, -0.15) is 0 Å². The molecule has 1 amide bonds. The van der Waals surface area contributed by atoms with Gasteiger partial charge in [-0.3, -0.25) is 4.79 Å². The van der Waals surface area contributed by atoms with Gasteiger partial charge in [0.1, 0.15) is 6.54 Å². The molecule has 1 aromatic rings. The van der Waals surface area contributed by atoms with Crippen molar-refractivity contribution in [2.45, 2.75) is 32.2 Å². The Hall–Kier alpha value is -1.36. The summed E-state index contributed by atoms with van der Waals surface area (Å²) < 4.78 is 2.06. The number of likely N-dealkylation sites (N-methyl/N-ethyl adjacent to an activating group) is 1. The molecule has 1 aliphatic carbocycles. The number of aromatic nitrogens is 2. The van der Waals surface area contributed by atoms with Gasteiger partial charge >= 0.3 is 0 Å². The van der Waals surface area contributed by atoms with Gasteiger partial charge in [0.05, 0.1) is 12.0 Å². The Morgan fingerprint density at radius 3 is 2.74 bits per heavy atom. The van der Waals surface area contributed by atoms with Crippen LogP contribution in [-0.4, -0.2) is 58.5 Å². The van der Waals surface area contributed by atoms with Crippen molar-refractivity contribution < 1.29 is 4.79 Å². The fourth-order valence-electron chi connectivity index (χ4n) is 2.97. The Balaban J connectivity index is 1.65. The van der Waals surface area contributed by atoms with E-state index in [9.17, 15) is 4.79 Å². The normalized spacial score (nSPS) is 20.4. The number of rotatable bonds is 2. The van der Waals surface area contributed by atoms with Crippen LogP contribution in [0.1, 0.15) is 24.2 Å². The second-order valence-electron chi connectivity index (χ2n) is 5.66. The molecule has 1 aromatic heterocycles. The molecule has 104 valence electrons. The van der Waals surface area contributed by atoms with E-state index in [1.54, 1.807) is 0 Å². The minimum Gasteiger partial charge on any atom is -0.339 e. The van der Waals surface area contributed by atoms with Crippen LogP contribution < -0.4 is 0 Å². The third-order valence-corrected chi connectivity index (χ3v) is 4.27. The van der Waals surface area contributed by atoms with Crippen LogP contribution in [-0.2, 0) is 24.2 Å². The predicted octanol–water partition coefficient (Wildman–Crippen LogP) is 0.536. The Morgan fingerprint density at radius 2 is 1.95 bits per heavy atom. The summed E-state index contributed by atoms with van der Waals surface area (Å²) in [5, 5.41) is 0. The highest BCUT2D eigenvalue weighted by Gasteiger charge is 2.21. The topological polar surface area (TPSA) is 41.4 Å². The van der Waals surface area contributed by atoms with Crippen molar-refractivity contribution in [3.05, 3.63) is 17.7 Å². The molecule has 2 heterocycles. The van der Waals surface area contributed by atoms with Crippen molar-refractivity contribution >= 4 is 5.91 Å². The van der Waals surface area contributed by atoms with Gasteiger partial charge in [0, 0.05) is 31.9 Å². The molecule has 0 saturated carbocycles. The van der Waals surface area contributed by atoms with Crippen molar-refractivity contribution in [3.8, 4) is 0 Å². The number of piperazine rings is 1. The number of carbonyl (C=O) groups excluding carboxylic acids is 1. The van der Waals surface area contributed by atoms with Gasteiger partial charge in [-0.1, -0.05) is 0 Å². The molecule has 1 saturated heterocycles. The molecule has 0 aromatic carbocycles. The van der Waals surface area contributed by atoms with Crippen LogP contribution in [0.15, 0.2) is 6.33 Å². The van der Waals surface area contributed by atoms with E-state index in [1.807, 2.05) is 11.2 Å². The molecule has 0 spiro atoms. The van der Waals surface area contributed by atoms with Crippen molar-refractivity contribution in [3.63, 3.8) is 0 Å². The van der Waals surface area contributed by atoms with Gasteiger partial charge in [-0.25, -0.2) is 4.98 Å². The average Bonchev–Trinajstić information content (AvgIpc) is 2.83. The zero-order valence-electron chi connectivity index (χ0n) is 11.6. The lowest BCUT2D eigenvalue weighted by molar-refractivity contribution is -0.133. The van der Waals surface area contributed by atoms with Gasteiger partial charge in [-0.15, -0.1) is 0 Å². The quantitative estimate of drug-likeness (QED) is 0.781. The van der Waals surface area contributed by atoms with Crippen LogP contribution in [0.5, 0.6) is 0 Å². The monoisotopic (exact) mass is 262 g/mol. The Morgan fingerprint density at radius 1 is 1.21 bits per heavy atom. The molecule has 1 aliphatic heterocycles. The van der Waals surface area contributed by atoms with E-state index in [0.29, 0.717) is 6.54 Å². The summed E-state index contributed by atoms with van der Waals surface area (Å²) in [4.78, 5) is 21.0. The smallest absolute Gasteiger partial charge is 0.242 e. The van der Waals surface area contributed by atoms with E-state index in [4.69, 9.17) is 0 Å². The van der Waals surface area contributed by atoms with Crippen molar-refractivity contribution in [2.75, 3.05) is 33.2 Å². The fourth-order valence-corrected chi connectivity index (χ4v) is 2.97. The first kappa shape index (κ1) is 12.7. The number of imidazole rings is 1. The summed E-state index contributed by atoms with van der Waals surface area (Å²) in [6.07, 6.45) is 6.46. The van der Waals surface area contributed by atoms with Gasteiger partial charge < -0.3 is 14.4 Å². The summed E-state index contributed by atoms with van der Waals surface area (Å²) in [5.41, 5.74) is 2.49. The maximum Gasteiger partial charge on any atom is 0.242 e. The predicted molar refractivity (Wildman–Crippen MR) is 72.9 cm³/mol. The molecular formula is C14H22N4O. The van der Waals surface area contributed by atoms with Crippen LogP contribution in [0.25, 0.3) is 0 Å². The number of hydrogen-bond donors (Lipinski definition) is 0. The first-order valence-corrected chi connectivity index (χ1v) is 7.23. The third-order valence-electron chi connectivity index (χ3n) is 4.27. The van der Waals surface area contributed by atoms with Crippen LogP contribution >= 0.6 is 0 Å². The lowest BCUT2D eigenvalue weighted by Gasteiger charge is -2.32. The lowest BCUT2D eigenvalue weighted by Crippen LogP contribution is -2.48. The van der Waals surface area contributed by atoms with E-state index in [-0.39, 0.29) is 5.91 Å². The molecule has 5 heteroatoms. The summed E-state index contributed by atoms with van der Waals surface area (Å²) in [6, 6.07) is 0. The summed E-state index contributed by atoms with van der Waals surface area (Å²) in [5.74, 6) is 0.235. The maximum absolute atomic E-state index is 12.3. The molecule has 2 aliphatic rings. The Labute approximate surface area is 114 Å². The molecule has 5 nitrogen and oxygen atoms in total. The van der Waals surface area contributed by atoms with E-state index in [0.717, 1.165) is 39.0 Å². The number of fused-ring (bicyclic) bond motifs is 1. The van der Waals surface area contributed by atoms with Gasteiger partial charge in [0.15, 0.2) is 0 Å². The first-order chi connectivity index (χ1) is 9.24. The van der Waals surface area contributed by atoms with Gasteiger partial charge in [-0.05, 0) is 32.7 Å². The Kier molecular flexibility index (Phi) is 3.55. The number of nitrogens with zero attached hydrogens (tertiary/aromatic N) is 4. The van der Waals surface area contributed by atoms with Crippen LogP contribution in [0.4, 0.5) is 0 Å². The SMILES string of the molecule is CN1CCN(C(=O)Cn2cnc3c2CCCC3)CC1. The second kappa shape index (κ2) is 5.33. The molecule has 3 rings (SSSR count). The van der Waals surface area contributed by atoms with Crippen LogP contribution in [0.3, 0.4) is 0 Å². The molecule has 0 N–H and O–H groups in total. The average molecular weight is 262 g/mol. The van der Waals surface area contributed by atoms with E-state index in [2.05, 4.69) is 21.5 Å². The fraction of sp³-hybridized carbons (Fsp3) is 0.714. The lowest BCUT2D eigenvalue weighted by atomic mass is 10.0. The third kappa shape index (κ3) is 2.66. The van der Waals surface area contributed by atoms with Gasteiger partial charge in [0.2, 0.25) is 5.91 Å². The molecule has 0 bridgehead atoms. The minimum atomic E-state index is 0.235. The van der Waals surface area contributed by atoms with Crippen molar-refractivity contribution in [1.29, 1.82) is 0 Å². The Bertz CT molecular complexity index is 460. The van der Waals surface area contributed by atoms with Crippen LogP contribution in [0, 0.1) is 0 Å². The molecule has 1 fully saturated rings. The number of carbonyl (C=O) groups is 1. The molecular weight excluding hydrogens is 240 g/mol. The number of aryl methyl sites for hydroxylation is 1. The molecule has 0 radical (unpaired) electrons. The highest BCUT2D eigenvalue weighted by Crippen LogP contribution is 2.19. The highest BCUT2D eigenvalue weighted by atomic mass is 16.2. The largest absolute Gasteiger partial charge is 0.339 e. The molecule has 0 atom stereocenters. The van der Waals surface area contributed by atoms with Gasteiger partial charge in [0.25, 0.3) is 0 Å². The highest BCUT2D eigenvalue weighted by molar-refractivity contribution is 5.76. The molecule has 0 unspecified atom stereocenters. The minimum absolute atomic E-state index is 0.235. The van der Waals surface area contributed by atoms with E-state index < -0.39 is 0 Å². The summed E-state index contributed by atoms with van der Waals surface area (Å²) in [7, 11) is 2.11. The van der Waals surface area contributed by atoms with E-state index >= 15 is 0 Å². The zero-order valence-corrected chi connectivity index (χ0v) is 11.6. The number of amides is 1. The van der Waals surface area contributed by atoms with E-state index in [1.165, 1.54) is 24.2 Å². The summed E-state index contributed by atoms with van der Waals surface area (Å²) in [6.45, 7) is 4.13.